The molecule has 0 radical (unpaired) electrons. The van der Waals surface area contributed by atoms with E-state index in [9.17, 15) is 19.3 Å². The zero-order valence-corrected chi connectivity index (χ0v) is 17.0. The lowest BCUT2D eigenvalue weighted by Crippen LogP contribution is -2.35. The van der Waals surface area contributed by atoms with Crippen LogP contribution in [0.15, 0.2) is 10.7 Å². The van der Waals surface area contributed by atoms with Crippen molar-refractivity contribution in [3.8, 4) is 0 Å². The Labute approximate surface area is 177 Å². The summed E-state index contributed by atoms with van der Waals surface area (Å²) in [6, 6.07) is 0. The first-order valence-corrected chi connectivity index (χ1v) is 10.6. The summed E-state index contributed by atoms with van der Waals surface area (Å²) in [6.07, 6.45) is 7.50. The number of amides is 1. The van der Waals surface area contributed by atoms with Crippen molar-refractivity contribution >= 4 is 46.9 Å². The summed E-state index contributed by atoms with van der Waals surface area (Å²) < 4.78 is 1.03. The lowest BCUT2D eigenvalue weighted by Gasteiger charge is -2.09. The predicted octanol–water partition coefficient (Wildman–Crippen LogP) is 1.21. The molecule has 0 fully saturated rings. The number of benzene rings is 1. The molecule has 2 aliphatic carbocycles. The van der Waals surface area contributed by atoms with E-state index in [0.29, 0.717) is 11.4 Å². The van der Waals surface area contributed by atoms with Gasteiger partial charge in [-0.05, 0) is 37.0 Å². The fourth-order valence-corrected chi connectivity index (χ4v) is 5.05. The van der Waals surface area contributed by atoms with Crippen molar-refractivity contribution in [1.29, 1.82) is 0 Å². The number of hydrogen-bond acceptors (Lipinski definition) is 5. The zero-order valence-electron chi connectivity index (χ0n) is 17.0. The summed E-state index contributed by atoms with van der Waals surface area (Å²) in [5, 5.41) is 13.1. The Morgan fingerprint density at radius 2 is 2.00 bits per heavy atom. The van der Waals surface area contributed by atoms with Gasteiger partial charge >= 0.3 is 5.97 Å². The van der Waals surface area contributed by atoms with Crippen LogP contribution in [0.3, 0.4) is 0 Å². The second kappa shape index (κ2) is 7.37. The monoisotopic (exact) mass is 420 g/mol. The van der Waals surface area contributed by atoms with Crippen molar-refractivity contribution in [2.45, 2.75) is 51.4 Å². The van der Waals surface area contributed by atoms with E-state index in [0.717, 1.165) is 68.8 Å². The van der Waals surface area contributed by atoms with Gasteiger partial charge in [0.2, 0.25) is 11.6 Å². The highest BCUT2D eigenvalue weighted by Gasteiger charge is 2.45. The third-order valence-corrected chi connectivity index (χ3v) is 6.39. The molecule has 0 aromatic heterocycles. The van der Waals surface area contributed by atoms with Crippen molar-refractivity contribution in [3.05, 3.63) is 37.7 Å². The quantitative estimate of drug-likeness (QED) is 0.671. The van der Waals surface area contributed by atoms with Gasteiger partial charge < -0.3 is 10.4 Å². The van der Waals surface area contributed by atoms with Crippen LogP contribution in [0.1, 0.15) is 61.6 Å². The Hall–Kier alpha value is -3.42. The van der Waals surface area contributed by atoms with Gasteiger partial charge in [-0.25, -0.2) is 0 Å². The predicted molar refractivity (Wildman–Crippen MR) is 113 cm³/mol. The Bertz CT molecular complexity index is 1270. The molecule has 0 bridgehead atoms. The van der Waals surface area contributed by atoms with Gasteiger partial charge in [-0.15, -0.1) is 0 Å². The maximum absolute atomic E-state index is 13.1. The highest BCUT2D eigenvalue weighted by molar-refractivity contribution is 6.12. The van der Waals surface area contributed by atoms with Gasteiger partial charge in [0.25, 0.3) is 5.69 Å². The third-order valence-electron chi connectivity index (χ3n) is 6.39. The topological polar surface area (TPSA) is 116 Å². The Morgan fingerprint density at radius 3 is 2.81 bits per heavy atom. The summed E-state index contributed by atoms with van der Waals surface area (Å²) in [6.45, 7) is 0.190. The molecule has 5 rings (SSSR count). The molecular formula is C23H22N3O5+. The van der Waals surface area contributed by atoms with Gasteiger partial charge in [0, 0.05) is 58.7 Å². The van der Waals surface area contributed by atoms with E-state index < -0.39 is 5.97 Å². The van der Waals surface area contributed by atoms with Crippen LogP contribution in [0, 0.1) is 4.91 Å². The van der Waals surface area contributed by atoms with Crippen LogP contribution in [-0.2, 0) is 20.8 Å². The minimum atomic E-state index is -0.926. The number of rotatable bonds is 6. The first-order valence-electron chi connectivity index (χ1n) is 10.6. The zero-order chi connectivity index (χ0) is 21.7. The Kier molecular flexibility index (Phi) is 4.64. The molecule has 1 aromatic carbocycles. The molecule has 2 aliphatic heterocycles. The van der Waals surface area contributed by atoms with Crippen LogP contribution < -0.4 is 15.8 Å². The number of ketones is 1. The van der Waals surface area contributed by atoms with Gasteiger partial charge in [-0.3, -0.25) is 19.4 Å². The van der Waals surface area contributed by atoms with Crippen LogP contribution in [0.25, 0.3) is 17.3 Å². The number of carboxylic acids is 1. The van der Waals surface area contributed by atoms with Crippen LogP contribution in [0.2, 0.25) is 0 Å². The van der Waals surface area contributed by atoms with E-state index in [1.54, 1.807) is 12.3 Å². The summed E-state index contributed by atoms with van der Waals surface area (Å²) >= 11 is 0. The first kappa shape index (κ1) is 19.5. The smallest absolute Gasteiger partial charge is 0.303 e. The second-order valence-electron chi connectivity index (χ2n) is 8.35. The van der Waals surface area contributed by atoms with Gasteiger partial charge in [0.05, 0.1) is 22.6 Å². The van der Waals surface area contributed by atoms with Crippen LogP contribution >= 0.6 is 0 Å². The van der Waals surface area contributed by atoms with Crippen molar-refractivity contribution in [1.82, 2.24) is 5.32 Å². The molecule has 0 saturated carbocycles. The minimum absolute atomic E-state index is 0.0344. The molecule has 0 unspecified atom stereocenters. The van der Waals surface area contributed by atoms with Gasteiger partial charge in [-0.1, -0.05) is 0 Å². The van der Waals surface area contributed by atoms with Gasteiger partial charge in [-0.2, -0.15) is 0 Å². The Morgan fingerprint density at radius 1 is 1.19 bits per heavy atom. The number of nitroso groups, excluding NO2 is 1. The Balaban J connectivity index is 1.55. The van der Waals surface area contributed by atoms with Crippen molar-refractivity contribution in [3.63, 3.8) is 0 Å². The fourth-order valence-electron chi connectivity index (χ4n) is 5.05. The minimum Gasteiger partial charge on any atom is -0.481 e. The number of nitrogens with zero attached hydrogens (tertiary/aromatic N) is 2. The SMILES string of the molecule is O=C(O)CCCC(=O)NCC1=c2c(c3c(c4c2=CC(=O)C4)[N+](=O)C2=C3CCCC2)C=N1. The molecule has 8 heteroatoms. The number of carbonyl (C=O) groups is 3. The summed E-state index contributed by atoms with van der Waals surface area (Å²) in [5.41, 5.74) is 5.68. The molecule has 31 heavy (non-hydrogen) atoms. The summed E-state index contributed by atoms with van der Waals surface area (Å²) in [5.74, 6) is -1.20. The number of hydrogen-bond donors (Lipinski definition) is 2. The van der Waals surface area contributed by atoms with Crippen LogP contribution in [0.5, 0.6) is 0 Å². The molecular weight excluding hydrogens is 398 g/mol. The normalized spacial score (nSPS) is 18.0. The van der Waals surface area contributed by atoms with E-state index in [-0.39, 0.29) is 43.9 Å². The standard InChI is InChI=1S/C23H21N3O5/c27-12-8-14-15(9-12)23-22(13-4-1-2-5-18(13)26(23)31)16-10-24-17(21(14)16)11-25-19(28)6-3-7-20(29)30/h8,10H,1-7,9,11H2,(H-,25,28,29,30)/p+1. The second-order valence-corrected chi connectivity index (χ2v) is 8.35. The third kappa shape index (κ3) is 3.13. The maximum atomic E-state index is 13.1. The summed E-state index contributed by atoms with van der Waals surface area (Å²) in [7, 11) is 0. The molecule has 1 amide bonds. The molecule has 0 spiro atoms. The van der Waals surface area contributed by atoms with Crippen molar-refractivity contribution in [2.75, 3.05) is 6.54 Å². The number of fused-ring (bicyclic) bond motifs is 7. The molecule has 2 N–H and O–H groups in total. The van der Waals surface area contributed by atoms with E-state index in [2.05, 4.69) is 10.3 Å². The average Bonchev–Trinajstić information content (AvgIpc) is 3.40. The number of aliphatic imine (C=N–C) groups is 1. The van der Waals surface area contributed by atoms with Crippen LogP contribution in [-0.4, -0.2) is 40.3 Å². The lowest BCUT2D eigenvalue weighted by atomic mass is 9.88. The number of Topliss-reactive ketones (excluding diaryl/α,β-unsaturated/α-hetero) is 1. The highest BCUT2D eigenvalue weighted by atomic mass is 16.4. The van der Waals surface area contributed by atoms with E-state index in [1.807, 2.05) is 0 Å². The van der Waals surface area contributed by atoms with E-state index in [1.165, 1.54) is 0 Å². The number of allylic oxidation sites excluding steroid dienone is 2. The van der Waals surface area contributed by atoms with E-state index in [4.69, 9.17) is 5.11 Å². The number of nitrogens with one attached hydrogen (secondary N) is 1. The number of carboxylic acid groups (broad SMARTS) is 1. The average molecular weight is 420 g/mol. The largest absolute Gasteiger partial charge is 0.481 e. The number of aliphatic carboxylic acids is 1. The molecule has 4 aliphatic rings. The molecule has 0 saturated heterocycles. The van der Waals surface area contributed by atoms with E-state index >= 15 is 0 Å². The summed E-state index contributed by atoms with van der Waals surface area (Å²) in [4.78, 5) is 52.7. The molecule has 8 nitrogen and oxygen atoms in total. The van der Waals surface area contributed by atoms with Gasteiger partial charge in [0.15, 0.2) is 5.78 Å². The van der Waals surface area contributed by atoms with Crippen molar-refractivity contribution in [2.24, 2.45) is 4.99 Å². The first-order chi connectivity index (χ1) is 15.0. The maximum Gasteiger partial charge on any atom is 0.303 e. The van der Waals surface area contributed by atoms with Crippen LogP contribution in [0.4, 0.5) is 5.69 Å². The molecule has 0 atom stereocenters. The highest BCUT2D eigenvalue weighted by Crippen LogP contribution is 2.47. The number of carbonyl (C=O) groups excluding carboxylic acids is 2. The fraction of sp³-hybridized carbons (Fsp3) is 0.391. The molecule has 1 aromatic rings. The lowest BCUT2D eigenvalue weighted by molar-refractivity contribution is -0.406. The van der Waals surface area contributed by atoms with Gasteiger partial charge in [0.1, 0.15) is 0 Å². The van der Waals surface area contributed by atoms with Crippen molar-refractivity contribution < 1.29 is 24.3 Å². The molecule has 2 heterocycles. The molecule has 158 valence electrons.